The minimum absolute atomic E-state index is 0.420. The Balaban J connectivity index is 1.54. The molecule has 0 aliphatic heterocycles. The molecule has 1 aromatic carbocycles. The summed E-state index contributed by atoms with van der Waals surface area (Å²) in [6.45, 7) is 2.36. The highest BCUT2D eigenvalue weighted by Crippen LogP contribution is 2.30. The third-order valence-corrected chi connectivity index (χ3v) is 4.07. The Morgan fingerprint density at radius 3 is 2.55 bits per heavy atom. The Morgan fingerprint density at radius 1 is 1.25 bits per heavy atom. The quantitative estimate of drug-likeness (QED) is 0.839. The van der Waals surface area contributed by atoms with Crippen molar-refractivity contribution in [3.63, 3.8) is 0 Å². The summed E-state index contributed by atoms with van der Waals surface area (Å²) in [4.78, 5) is 4.33. The molecule has 4 nitrogen and oxygen atoms in total. The number of aromatic nitrogens is 3. The van der Waals surface area contributed by atoms with Gasteiger partial charge >= 0.3 is 0 Å². The molecule has 0 amide bonds. The molecule has 0 bridgehead atoms. The van der Waals surface area contributed by atoms with Gasteiger partial charge in [0.25, 0.3) is 0 Å². The molecule has 1 saturated carbocycles. The molecular formula is C16H21N3O. The molecule has 1 aliphatic carbocycles. The van der Waals surface area contributed by atoms with Gasteiger partial charge in [-0.1, -0.05) is 31.4 Å². The lowest BCUT2D eigenvalue weighted by molar-refractivity contribution is 0.294. The van der Waals surface area contributed by atoms with Gasteiger partial charge in [0.1, 0.15) is 18.2 Å². The summed E-state index contributed by atoms with van der Waals surface area (Å²) in [5, 5.41) is 4.28. The highest BCUT2D eigenvalue weighted by molar-refractivity contribution is 5.27. The molecule has 2 aromatic rings. The van der Waals surface area contributed by atoms with E-state index in [1.54, 1.807) is 4.68 Å². The van der Waals surface area contributed by atoms with Crippen LogP contribution in [0.5, 0.6) is 5.75 Å². The molecule has 0 radical (unpaired) electrons. The van der Waals surface area contributed by atoms with E-state index in [9.17, 15) is 0 Å². The standard InChI is InChI=1S/C16H21N3O/c1-12-17-16(18-19(12)2)11-20-15-8-6-14(7-9-15)10-13-4-3-5-13/h6-9,13H,3-5,10-11H2,1-2H3. The lowest BCUT2D eigenvalue weighted by atomic mass is 9.81. The maximum atomic E-state index is 5.72. The van der Waals surface area contributed by atoms with Crippen LogP contribution in [0.25, 0.3) is 0 Å². The summed E-state index contributed by atoms with van der Waals surface area (Å²) < 4.78 is 7.49. The van der Waals surface area contributed by atoms with Crippen LogP contribution in [0, 0.1) is 12.8 Å². The summed E-state index contributed by atoms with van der Waals surface area (Å²) in [6, 6.07) is 8.43. The minimum Gasteiger partial charge on any atom is -0.486 e. The zero-order chi connectivity index (χ0) is 13.9. The predicted molar refractivity (Wildman–Crippen MR) is 77.6 cm³/mol. The third-order valence-electron chi connectivity index (χ3n) is 4.07. The van der Waals surface area contributed by atoms with Gasteiger partial charge in [0.15, 0.2) is 5.82 Å². The molecule has 1 fully saturated rings. The van der Waals surface area contributed by atoms with E-state index in [0.717, 1.165) is 23.3 Å². The highest BCUT2D eigenvalue weighted by atomic mass is 16.5. The summed E-state index contributed by atoms with van der Waals surface area (Å²) in [5.41, 5.74) is 1.41. The fourth-order valence-electron chi connectivity index (χ4n) is 2.49. The van der Waals surface area contributed by atoms with Crippen LogP contribution in [0.3, 0.4) is 0 Å². The van der Waals surface area contributed by atoms with Gasteiger partial charge in [-0.3, -0.25) is 4.68 Å². The second-order valence-corrected chi connectivity index (χ2v) is 5.63. The lowest BCUT2D eigenvalue weighted by Crippen LogP contribution is -2.13. The van der Waals surface area contributed by atoms with Crippen LogP contribution in [0.15, 0.2) is 24.3 Å². The fraction of sp³-hybridized carbons (Fsp3) is 0.500. The Hall–Kier alpha value is -1.84. The molecule has 4 heteroatoms. The van der Waals surface area contributed by atoms with Crippen molar-refractivity contribution in [3.05, 3.63) is 41.5 Å². The van der Waals surface area contributed by atoms with E-state index in [1.165, 1.54) is 31.2 Å². The normalized spacial score (nSPS) is 15.1. The molecule has 106 valence electrons. The van der Waals surface area contributed by atoms with Crippen LogP contribution < -0.4 is 4.74 Å². The van der Waals surface area contributed by atoms with Crippen molar-refractivity contribution in [1.29, 1.82) is 0 Å². The number of hydrogen-bond acceptors (Lipinski definition) is 3. The van der Waals surface area contributed by atoms with Gasteiger partial charge in [0.05, 0.1) is 0 Å². The van der Waals surface area contributed by atoms with E-state index in [2.05, 4.69) is 22.2 Å². The Morgan fingerprint density at radius 2 is 2.00 bits per heavy atom. The van der Waals surface area contributed by atoms with Crippen LogP contribution in [-0.4, -0.2) is 14.8 Å². The number of ether oxygens (including phenoxy) is 1. The molecule has 3 rings (SSSR count). The topological polar surface area (TPSA) is 39.9 Å². The number of nitrogens with zero attached hydrogens (tertiary/aromatic N) is 3. The molecule has 0 spiro atoms. The molecule has 0 unspecified atom stereocenters. The maximum absolute atomic E-state index is 5.72. The Kier molecular flexibility index (Phi) is 3.72. The van der Waals surface area contributed by atoms with E-state index in [0.29, 0.717) is 6.61 Å². The number of aryl methyl sites for hydroxylation is 2. The van der Waals surface area contributed by atoms with Crippen molar-refractivity contribution in [1.82, 2.24) is 14.8 Å². The van der Waals surface area contributed by atoms with Gasteiger partial charge in [-0.05, 0) is 37.0 Å². The van der Waals surface area contributed by atoms with E-state index in [4.69, 9.17) is 4.74 Å². The second-order valence-electron chi connectivity index (χ2n) is 5.63. The molecular weight excluding hydrogens is 250 g/mol. The van der Waals surface area contributed by atoms with Crippen LogP contribution in [0.1, 0.15) is 36.5 Å². The lowest BCUT2D eigenvalue weighted by Gasteiger charge is -2.25. The molecule has 20 heavy (non-hydrogen) atoms. The van der Waals surface area contributed by atoms with E-state index < -0.39 is 0 Å². The average Bonchev–Trinajstić information content (AvgIpc) is 2.72. The monoisotopic (exact) mass is 271 g/mol. The van der Waals surface area contributed by atoms with E-state index in [1.807, 2.05) is 26.1 Å². The van der Waals surface area contributed by atoms with E-state index >= 15 is 0 Å². The van der Waals surface area contributed by atoms with Gasteiger partial charge in [-0.2, -0.15) is 5.10 Å². The average molecular weight is 271 g/mol. The zero-order valence-corrected chi connectivity index (χ0v) is 12.2. The van der Waals surface area contributed by atoms with Crippen molar-refractivity contribution in [2.24, 2.45) is 13.0 Å². The predicted octanol–water partition coefficient (Wildman–Crippen LogP) is 3.05. The molecule has 0 N–H and O–H groups in total. The largest absolute Gasteiger partial charge is 0.486 e. The van der Waals surface area contributed by atoms with Crippen molar-refractivity contribution in [3.8, 4) is 5.75 Å². The van der Waals surface area contributed by atoms with Crippen LogP contribution in [0.4, 0.5) is 0 Å². The minimum atomic E-state index is 0.420. The maximum Gasteiger partial charge on any atom is 0.188 e. The molecule has 1 aromatic heterocycles. The first-order valence-electron chi connectivity index (χ1n) is 7.29. The summed E-state index contributed by atoms with van der Waals surface area (Å²) in [6.07, 6.45) is 5.40. The van der Waals surface area contributed by atoms with Gasteiger partial charge in [0.2, 0.25) is 0 Å². The molecule has 1 aliphatic rings. The van der Waals surface area contributed by atoms with Crippen LogP contribution >= 0.6 is 0 Å². The SMILES string of the molecule is Cc1nc(COc2ccc(CC3CCC3)cc2)nn1C. The summed E-state index contributed by atoms with van der Waals surface area (Å²) >= 11 is 0. The molecule has 0 atom stereocenters. The smallest absolute Gasteiger partial charge is 0.188 e. The van der Waals surface area contributed by atoms with Crippen molar-refractivity contribution in [2.45, 2.75) is 39.2 Å². The van der Waals surface area contributed by atoms with Crippen LogP contribution in [0.2, 0.25) is 0 Å². The van der Waals surface area contributed by atoms with Crippen molar-refractivity contribution >= 4 is 0 Å². The summed E-state index contributed by atoms with van der Waals surface area (Å²) in [5.74, 6) is 3.41. The first-order valence-corrected chi connectivity index (χ1v) is 7.29. The third kappa shape index (κ3) is 3.00. The number of benzene rings is 1. The highest BCUT2D eigenvalue weighted by Gasteiger charge is 2.17. The zero-order valence-electron chi connectivity index (χ0n) is 12.2. The van der Waals surface area contributed by atoms with Crippen molar-refractivity contribution in [2.75, 3.05) is 0 Å². The fourth-order valence-corrected chi connectivity index (χ4v) is 2.49. The second kappa shape index (κ2) is 5.65. The van der Waals surface area contributed by atoms with Crippen LogP contribution in [-0.2, 0) is 20.1 Å². The Bertz CT molecular complexity index is 550. The number of rotatable bonds is 5. The van der Waals surface area contributed by atoms with Gasteiger partial charge < -0.3 is 4.74 Å². The van der Waals surface area contributed by atoms with Gasteiger partial charge in [0, 0.05) is 7.05 Å². The first kappa shape index (κ1) is 13.2. The van der Waals surface area contributed by atoms with E-state index in [-0.39, 0.29) is 0 Å². The summed E-state index contributed by atoms with van der Waals surface area (Å²) in [7, 11) is 1.89. The van der Waals surface area contributed by atoms with Gasteiger partial charge in [-0.25, -0.2) is 4.98 Å². The molecule has 0 saturated heterocycles. The van der Waals surface area contributed by atoms with Crippen molar-refractivity contribution < 1.29 is 4.74 Å². The number of hydrogen-bond donors (Lipinski definition) is 0. The van der Waals surface area contributed by atoms with Gasteiger partial charge in [-0.15, -0.1) is 0 Å². The molecule has 1 heterocycles. The Labute approximate surface area is 119 Å². The first-order chi connectivity index (χ1) is 9.70.